The molecule has 7 aliphatic carbocycles. The van der Waals surface area contributed by atoms with Gasteiger partial charge in [0.1, 0.15) is 29.9 Å². The van der Waals surface area contributed by atoms with Crippen molar-refractivity contribution in [3.8, 4) is 0 Å². The van der Waals surface area contributed by atoms with Gasteiger partial charge in [0.15, 0.2) is 5.69 Å². The van der Waals surface area contributed by atoms with E-state index in [1.807, 2.05) is 59.7 Å². The quantitative estimate of drug-likeness (QED) is 0.0232. The molecule has 4 N–H and O–H groups in total. The van der Waals surface area contributed by atoms with Crippen LogP contribution in [0.2, 0.25) is 51.4 Å². The minimum atomic E-state index is -1.22. The molecular formula is C86H121N19O8Si2. The molecule has 0 radical (unpaired) electrons. The zero-order valence-electron chi connectivity index (χ0n) is 69.8. The lowest BCUT2D eigenvalue weighted by atomic mass is 9.95. The lowest BCUT2D eigenvalue weighted by Crippen LogP contribution is -2.36. The smallest absolute Gasteiger partial charge is 0.272 e. The number of methoxy groups -OCH3 is 3. The number of ether oxygens (including phenoxy) is 5. The number of nitrogens with zero attached hydrogens (tertiary/aromatic N) is 15. The zero-order valence-corrected chi connectivity index (χ0v) is 71.8. The van der Waals surface area contributed by atoms with Gasteiger partial charge in [0.25, 0.3) is 11.8 Å². The number of rotatable bonds is 31. The number of amides is 3. The van der Waals surface area contributed by atoms with Crippen LogP contribution >= 0.6 is 0 Å². The van der Waals surface area contributed by atoms with Gasteiger partial charge in [-0.3, -0.25) is 19.5 Å². The molecule has 8 aromatic heterocycles. The molecule has 9 unspecified atom stereocenters. The molecule has 4 saturated carbocycles. The van der Waals surface area contributed by atoms with Crippen LogP contribution < -0.4 is 30.7 Å². The van der Waals surface area contributed by atoms with Gasteiger partial charge in [-0.25, -0.2) is 34.6 Å². The molecule has 0 bridgehead atoms. The van der Waals surface area contributed by atoms with Gasteiger partial charge in [0.2, 0.25) is 5.91 Å². The number of carbonyl (C=O) groups excluding carboxylic acids is 3. The summed E-state index contributed by atoms with van der Waals surface area (Å²) < 4.78 is 36.9. The molecule has 10 aliphatic rings. The SMILES string of the molecule is COCc1nc(N2CC3CC3C2)ccc1CC1CC(COCC[Si](C)(C)C)C(C(=O)N[C@@H]2CCc3c2ncn3C)C1.COCc1nc(N2CC3CC3C2)ccc1Cc1cc(C(=O)N[C@@H]2CCc3c2ncn3C)n[nH]1.COCc1nc(N2CC3CC3C2)ccc1Cc1cc(C(=O)N[C@@H]2CCc3c2ncn3C)nn1COCC[Si](C)(C)C. The Bertz CT molecular complexity index is 4760. The second kappa shape index (κ2) is 34.2. The van der Waals surface area contributed by atoms with Crippen molar-refractivity contribution in [3.05, 3.63) is 158 Å². The third-order valence-corrected chi connectivity index (χ3v) is 29.4. The number of hydrogen-bond acceptors (Lipinski definition) is 19. The van der Waals surface area contributed by atoms with Gasteiger partial charge < -0.3 is 68.0 Å². The Labute approximate surface area is 679 Å². The van der Waals surface area contributed by atoms with Crippen LogP contribution in [0, 0.1) is 53.3 Å². The van der Waals surface area contributed by atoms with Crippen LogP contribution in [0.15, 0.2) is 67.5 Å². The summed E-state index contributed by atoms with van der Waals surface area (Å²) in [5, 5.41) is 21.7. The number of hydrogen-bond donors (Lipinski definition) is 4. The van der Waals surface area contributed by atoms with Crippen LogP contribution in [0.5, 0.6) is 0 Å². The topological polar surface area (TPSA) is 282 Å². The third kappa shape index (κ3) is 18.9. The first-order valence-corrected chi connectivity index (χ1v) is 49.7. The van der Waals surface area contributed by atoms with E-state index in [4.69, 9.17) is 43.7 Å². The average Bonchev–Trinajstić information content (AvgIpc) is 1.62. The maximum absolute atomic E-state index is 13.8. The van der Waals surface area contributed by atoms with Gasteiger partial charge in [-0.2, -0.15) is 10.2 Å². The van der Waals surface area contributed by atoms with Crippen molar-refractivity contribution in [2.75, 3.05) is 95.1 Å². The van der Waals surface area contributed by atoms with E-state index in [9.17, 15) is 14.4 Å². The Kier molecular flexibility index (Phi) is 23.9. The van der Waals surface area contributed by atoms with Crippen LogP contribution in [0.3, 0.4) is 0 Å². The fraction of sp³-hybridized carbons (Fsp3) is 0.616. The molecular weight excluding hydrogens is 1480 g/mol. The number of carbonyl (C=O) groups is 3. The van der Waals surface area contributed by atoms with Gasteiger partial charge in [-0.15, -0.1) is 0 Å². The van der Waals surface area contributed by atoms with E-state index in [1.54, 1.807) is 27.7 Å². The summed E-state index contributed by atoms with van der Waals surface area (Å²) in [5.74, 6) is 8.76. The number of pyridine rings is 3. The largest absolute Gasteiger partial charge is 0.381 e. The van der Waals surface area contributed by atoms with E-state index in [0.29, 0.717) is 69.9 Å². The van der Waals surface area contributed by atoms with Crippen molar-refractivity contribution in [3.63, 3.8) is 0 Å². The van der Waals surface area contributed by atoms with Crippen molar-refractivity contribution in [2.45, 2.75) is 186 Å². The Morgan fingerprint density at radius 3 is 1.42 bits per heavy atom. The number of fused-ring (bicyclic) bond motifs is 6. The summed E-state index contributed by atoms with van der Waals surface area (Å²) in [6, 6.07) is 18.8. The number of piperidine rings is 3. The number of H-pyrrole nitrogens is 1. The molecule has 27 nitrogen and oxygen atoms in total. The van der Waals surface area contributed by atoms with Crippen molar-refractivity contribution in [1.82, 2.24) is 79.5 Å². The van der Waals surface area contributed by atoms with Crippen LogP contribution in [-0.4, -0.2) is 178 Å². The molecule has 29 heteroatoms. The summed E-state index contributed by atoms with van der Waals surface area (Å²) >= 11 is 0. The number of anilines is 3. The molecule has 18 rings (SSSR count). The number of imidazole rings is 3. The second-order valence-corrected chi connectivity index (χ2v) is 48.4. The Balaban J connectivity index is 0.000000131. The molecule has 0 spiro atoms. The summed E-state index contributed by atoms with van der Waals surface area (Å²) in [6.45, 7) is 24.8. The van der Waals surface area contributed by atoms with E-state index in [2.05, 4.69) is 136 Å². The number of aromatic nitrogens is 13. The highest BCUT2D eigenvalue weighted by Gasteiger charge is 2.48. The molecule has 115 heavy (non-hydrogen) atoms. The lowest BCUT2D eigenvalue weighted by molar-refractivity contribution is -0.127. The van der Waals surface area contributed by atoms with E-state index >= 15 is 0 Å². The van der Waals surface area contributed by atoms with Crippen molar-refractivity contribution in [2.24, 2.45) is 74.4 Å². The summed E-state index contributed by atoms with van der Waals surface area (Å²) in [4.78, 5) is 75.8. The second-order valence-electron chi connectivity index (χ2n) is 37.2. The summed E-state index contributed by atoms with van der Waals surface area (Å²) in [6.07, 6.45) is 19.1. The highest BCUT2D eigenvalue weighted by molar-refractivity contribution is 6.76. The minimum absolute atomic E-state index is 0.0212. The van der Waals surface area contributed by atoms with Crippen LogP contribution in [0.25, 0.3) is 0 Å². The fourth-order valence-corrected chi connectivity index (χ4v) is 20.4. The van der Waals surface area contributed by atoms with Crippen LogP contribution in [0.1, 0.15) is 170 Å². The van der Waals surface area contributed by atoms with Gasteiger partial charge in [0.05, 0.1) is 97.7 Å². The molecule has 0 aromatic carbocycles. The van der Waals surface area contributed by atoms with Crippen LogP contribution in [0.4, 0.5) is 17.5 Å². The molecule has 616 valence electrons. The van der Waals surface area contributed by atoms with Crippen molar-refractivity contribution < 1.29 is 38.1 Å². The number of aromatic amines is 1. The standard InChI is InChI=1S/C32H49N5O3Si.C30H43N7O3Si.C24H29N7O2/c1-36-20-33-31-27(7-8-29(31)36)35-32(38)26-14-21(13-25(26)18-40-10-11-41(3,4)5)12-22-6-9-30(34-28(22)19-39-2)37-16-23-15-24(23)17-37;1-35-18-31-29-24(7-8-27(29)35)33-30(38)25-14-23(37(34-25)19-40-10-11-41(3,4)5)13-20-6-9-28(32-26(20)17-39-2)36-15-21-12-22(21)16-36;1-30-13-25-23-18(4-5-21(23)30)27-24(32)19-9-17(28-29-19)8-14-3-6-22(26-20(14)12-33-2)31-10-15-7-16(15)11-31/h6,9,20-21,23-27H,7-8,10-19H2,1-5H3,(H,35,38);6,9,14,18,21-22,24H,7-8,10-13,15-17,19H2,1-5H3,(H,33,38);3,6,9,13,15-16,18H,4-5,7-8,10-12H2,1-2H3,(H,27,32)(H,28,29)/t21?,23?,24?,25?,26?,27-;21?,22?,24-;15?,16?,18-/m111/s1. The predicted molar refractivity (Wildman–Crippen MR) is 445 cm³/mol. The van der Waals surface area contributed by atoms with Crippen molar-refractivity contribution in [1.29, 1.82) is 0 Å². The Hall–Kier alpha value is -8.46. The zero-order chi connectivity index (χ0) is 80.0. The van der Waals surface area contributed by atoms with Gasteiger partial charge >= 0.3 is 0 Å². The molecule has 3 saturated heterocycles. The van der Waals surface area contributed by atoms with E-state index < -0.39 is 16.1 Å². The molecule has 12 atom stereocenters. The molecule has 8 aromatic rings. The first-order valence-electron chi connectivity index (χ1n) is 42.3. The van der Waals surface area contributed by atoms with Crippen molar-refractivity contribution >= 4 is 51.3 Å². The van der Waals surface area contributed by atoms with E-state index in [0.717, 1.165) is 225 Å². The van der Waals surface area contributed by atoms with E-state index in [-0.39, 0.29) is 47.7 Å². The molecule has 11 heterocycles. The average molecular weight is 1610 g/mol. The fourth-order valence-electron chi connectivity index (χ4n) is 18.9. The first kappa shape index (κ1) is 80.3. The van der Waals surface area contributed by atoms with E-state index in [1.165, 1.54) is 41.9 Å². The molecule has 3 aliphatic heterocycles. The summed E-state index contributed by atoms with van der Waals surface area (Å²) in [5.41, 5.74) is 15.5. The molecule has 3 amide bonds. The highest BCUT2D eigenvalue weighted by atomic mass is 28.3. The van der Waals surface area contributed by atoms with Gasteiger partial charge in [-0.1, -0.05) is 57.5 Å². The first-order chi connectivity index (χ1) is 55.4. The highest BCUT2D eigenvalue weighted by Crippen LogP contribution is 2.49. The minimum Gasteiger partial charge on any atom is -0.381 e. The maximum Gasteiger partial charge on any atom is 0.272 e. The Morgan fingerprint density at radius 1 is 0.513 bits per heavy atom. The predicted octanol–water partition coefficient (Wildman–Crippen LogP) is 10.8. The number of nitrogens with one attached hydrogen (secondary N) is 4. The van der Waals surface area contributed by atoms with Crippen LogP contribution in [-0.2, 0) is 115 Å². The monoisotopic (exact) mass is 1600 g/mol. The normalized spacial score (nSPS) is 24.4. The van der Waals surface area contributed by atoms with Gasteiger partial charge in [-0.05, 0) is 184 Å². The maximum atomic E-state index is 13.8. The molecule has 7 fully saturated rings. The number of aryl methyl sites for hydroxylation is 3. The van der Waals surface area contributed by atoms with Gasteiger partial charge in [0, 0.05) is 158 Å². The lowest BCUT2D eigenvalue weighted by Gasteiger charge is -2.22. The summed E-state index contributed by atoms with van der Waals surface area (Å²) in [7, 11) is 8.80. The third-order valence-electron chi connectivity index (χ3n) is 26.0. The Morgan fingerprint density at radius 2 is 0.948 bits per heavy atom.